The molecule has 0 aliphatic rings. The van der Waals surface area contributed by atoms with Crippen LogP contribution in [-0.4, -0.2) is 22.6 Å². The topological polar surface area (TPSA) is 27.1 Å². The molecule has 3 nitrogen and oxygen atoms in total. The Morgan fingerprint density at radius 3 is 2.47 bits per heavy atom. The van der Waals surface area contributed by atoms with Crippen LogP contribution in [-0.2, 0) is 0 Å². The second-order valence-corrected chi connectivity index (χ2v) is 5.20. The summed E-state index contributed by atoms with van der Waals surface area (Å²) in [5, 5.41) is 4.24. The van der Waals surface area contributed by atoms with Crippen LogP contribution in [0.5, 0.6) is 5.75 Å². The van der Waals surface area contributed by atoms with Gasteiger partial charge in [0.2, 0.25) is 0 Å². The van der Waals surface area contributed by atoms with Crippen LogP contribution in [0.25, 0.3) is 0 Å². The van der Waals surface area contributed by atoms with Crippen molar-refractivity contribution >= 4 is 0 Å². The van der Waals surface area contributed by atoms with Gasteiger partial charge >= 0.3 is 0 Å². The van der Waals surface area contributed by atoms with Gasteiger partial charge in [-0.25, -0.2) is 4.39 Å². The van der Waals surface area contributed by atoms with Crippen molar-refractivity contribution in [2.75, 3.05) is 7.11 Å². The van der Waals surface area contributed by atoms with Crippen LogP contribution >= 0.6 is 0 Å². The molecule has 0 aliphatic carbocycles. The molecule has 102 valence electrons. The number of alkyl halides is 1. The van der Waals surface area contributed by atoms with Gasteiger partial charge in [0.25, 0.3) is 0 Å². The summed E-state index contributed by atoms with van der Waals surface area (Å²) >= 11 is 0. The number of hydrogen-bond donors (Lipinski definition) is 0. The summed E-state index contributed by atoms with van der Waals surface area (Å²) in [5.41, 5.74) is -0.230. The molecular weight excluding hydrogens is 243 g/mol. The molecule has 0 radical (unpaired) electrons. The molecule has 2 aromatic rings. The normalized spacial score (nSPS) is 13.3. The maximum absolute atomic E-state index is 14.0. The molecule has 2 rings (SSSR count). The number of benzene rings is 1. The number of ether oxygens (including phenoxy) is 1. The molecule has 1 heterocycles. The predicted octanol–water partition coefficient (Wildman–Crippen LogP) is 3.62. The molecule has 0 saturated heterocycles. The van der Waals surface area contributed by atoms with E-state index in [0.717, 1.165) is 11.3 Å². The average Bonchev–Trinajstić information content (AvgIpc) is 2.89. The van der Waals surface area contributed by atoms with Gasteiger partial charge in [0.15, 0.2) is 0 Å². The first kappa shape index (κ1) is 13.6. The molecule has 4 heteroatoms. The van der Waals surface area contributed by atoms with Gasteiger partial charge in [-0.1, -0.05) is 12.1 Å². The fraction of sp³-hybridized carbons (Fsp3) is 0.400. The lowest BCUT2D eigenvalue weighted by Gasteiger charge is -2.24. The Morgan fingerprint density at radius 1 is 1.32 bits per heavy atom. The van der Waals surface area contributed by atoms with E-state index >= 15 is 0 Å². The molecule has 0 bridgehead atoms. The second-order valence-electron chi connectivity index (χ2n) is 5.20. The molecular formula is C15H19FN2O. The predicted molar refractivity (Wildman–Crippen MR) is 73.2 cm³/mol. The van der Waals surface area contributed by atoms with Crippen LogP contribution < -0.4 is 4.74 Å². The molecule has 19 heavy (non-hydrogen) atoms. The van der Waals surface area contributed by atoms with E-state index in [4.69, 9.17) is 4.74 Å². The standard InChI is InChI=1S/C15H19FN2O/c1-15(2,16)11-14(18-10-4-9-17-18)12-5-7-13(19-3)8-6-12/h4-10,14H,11H2,1-3H3. The van der Waals surface area contributed by atoms with E-state index in [2.05, 4.69) is 5.10 Å². The fourth-order valence-electron chi connectivity index (χ4n) is 2.11. The fourth-order valence-corrected chi connectivity index (χ4v) is 2.11. The highest BCUT2D eigenvalue weighted by molar-refractivity contribution is 5.29. The van der Waals surface area contributed by atoms with Crippen LogP contribution in [0.15, 0.2) is 42.7 Å². The maximum atomic E-state index is 14.0. The molecule has 0 N–H and O–H groups in total. The quantitative estimate of drug-likeness (QED) is 0.823. The third kappa shape index (κ3) is 3.56. The Kier molecular flexibility index (Phi) is 3.88. The third-order valence-electron chi connectivity index (χ3n) is 3.02. The lowest BCUT2D eigenvalue weighted by molar-refractivity contribution is 0.176. The Labute approximate surface area is 113 Å². The summed E-state index contributed by atoms with van der Waals surface area (Å²) in [6.45, 7) is 3.18. The van der Waals surface area contributed by atoms with Crippen LogP contribution in [0, 0.1) is 0 Å². The summed E-state index contributed by atoms with van der Waals surface area (Å²) in [7, 11) is 1.63. The van der Waals surface area contributed by atoms with Gasteiger partial charge in [0, 0.05) is 18.8 Å². The van der Waals surface area contributed by atoms with Gasteiger partial charge in [-0.3, -0.25) is 4.68 Å². The molecule has 1 atom stereocenters. The monoisotopic (exact) mass is 262 g/mol. The SMILES string of the molecule is COc1ccc(C(CC(C)(C)F)n2cccn2)cc1. The number of halogens is 1. The van der Waals surface area contributed by atoms with E-state index in [1.807, 2.05) is 36.5 Å². The highest BCUT2D eigenvalue weighted by Gasteiger charge is 2.25. The number of hydrogen-bond acceptors (Lipinski definition) is 2. The molecule has 0 amide bonds. The summed E-state index contributed by atoms with van der Waals surface area (Å²) in [5.74, 6) is 0.794. The highest BCUT2D eigenvalue weighted by Crippen LogP contribution is 2.30. The first-order valence-electron chi connectivity index (χ1n) is 6.31. The molecule has 0 spiro atoms. The van der Waals surface area contributed by atoms with Gasteiger partial charge in [-0.15, -0.1) is 0 Å². The molecule has 1 aromatic heterocycles. The first-order chi connectivity index (χ1) is 8.99. The van der Waals surface area contributed by atoms with Gasteiger partial charge in [-0.05, 0) is 37.6 Å². The maximum Gasteiger partial charge on any atom is 0.118 e. The highest BCUT2D eigenvalue weighted by atomic mass is 19.1. The lowest BCUT2D eigenvalue weighted by atomic mass is 9.95. The Balaban J connectivity index is 2.31. The van der Waals surface area contributed by atoms with Crippen molar-refractivity contribution in [3.05, 3.63) is 48.3 Å². The third-order valence-corrected chi connectivity index (χ3v) is 3.02. The van der Waals surface area contributed by atoms with Crippen molar-refractivity contribution in [1.82, 2.24) is 9.78 Å². The molecule has 0 saturated carbocycles. The minimum Gasteiger partial charge on any atom is -0.497 e. The second kappa shape index (κ2) is 5.43. The van der Waals surface area contributed by atoms with Crippen LogP contribution in [0.2, 0.25) is 0 Å². The zero-order valence-corrected chi connectivity index (χ0v) is 11.5. The number of rotatable bonds is 5. The van der Waals surface area contributed by atoms with E-state index in [-0.39, 0.29) is 6.04 Å². The molecule has 0 fully saturated rings. The van der Waals surface area contributed by atoms with Crippen LogP contribution in [0.3, 0.4) is 0 Å². The number of nitrogens with zero attached hydrogens (tertiary/aromatic N) is 2. The first-order valence-corrected chi connectivity index (χ1v) is 6.31. The number of methoxy groups -OCH3 is 1. The van der Waals surface area contributed by atoms with Crippen molar-refractivity contribution in [2.24, 2.45) is 0 Å². The lowest BCUT2D eigenvalue weighted by Crippen LogP contribution is -2.22. The van der Waals surface area contributed by atoms with Crippen molar-refractivity contribution in [1.29, 1.82) is 0 Å². The van der Waals surface area contributed by atoms with E-state index in [1.54, 1.807) is 31.8 Å². The number of aromatic nitrogens is 2. The van der Waals surface area contributed by atoms with Gasteiger partial charge in [-0.2, -0.15) is 5.10 Å². The van der Waals surface area contributed by atoms with E-state index in [0.29, 0.717) is 6.42 Å². The van der Waals surface area contributed by atoms with Gasteiger partial charge < -0.3 is 4.74 Å². The van der Waals surface area contributed by atoms with Crippen molar-refractivity contribution < 1.29 is 9.13 Å². The van der Waals surface area contributed by atoms with E-state index < -0.39 is 5.67 Å². The van der Waals surface area contributed by atoms with Crippen molar-refractivity contribution in [3.8, 4) is 5.75 Å². The van der Waals surface area contributed by atoms with Crippen molar-refractivity contribution in [2.45, 2.75) is 32.0 Å². The van der Waals surface area contributed by atoms with Crippen LogP contribution in [0.4, 0.5) is 4.39 Å². The largest absolute Gasteiger partial charge is 0.497 e. The Morgan fingerprint density at radius 2 is 2.00 bits per heavy atom. The molecule has 1 unspecified atom stereocenters. The minimum absolute atomic E-state index is 0.110. The zero-order chi connectivity index (χ0) is 13.9. The summed E-state index contributed by atoms with van der Waals surface area (Å²) in [6, 6.07) is 9.42. The van der Waals surface area contributed by atoms with E-state index in [1.165, 1.54) is 0 Å². The Hall–Kier alpha value is -1.84. The van der Waals surface area contributed by atoms with Gasteiger partial charge in [0.1, 0.15) is 11.4 Å². The van der Waals surface area contributed by atoms with Crippen LogP contribution in [0.1, 0.15) is 31.9 Å². The summed E-state index contributed by atoms with van der Waals surface area (Å²) in [6.07, 6.45) is 3.95. The molecule has 0 aliphatic heterocycles. The average molecular weight is 262 g/mol. The smallest absolute Gasteiger partial charge is 0.118 e. The zero-order valence-electron chi connectivity index (χ0n) is 11.5. The summed E-state index contributed by atoms with van der Waals surface area (Å²) < 4.78 is 20.9. The minimum atomic E-state index is -1.25. The summed E-state index contributed by atoms with van der Waals surface area (Å²) in [4.78, 5) is 0. The van der Waals surface area contributed by atoms with E-state index in [9.17, 15) is 4.39 Å². The molecule has 1 aromatic carbocycles. The van der Waals surface area contributed by atoms with Gasteiger partial charge in [0.05, 0.1) is 13.2 Å². The Bertz CT molecular complexity index is 500. The van der Waals surface area contributed by atoms with Crippen molar-refractivity contribution in [3.63, 3.8) is 0 Å².